The summed E-state index contributed by atoms with van der Waals surface area (Å²) in [6.45, 7) is 5.50. The van der Waals surface area contributed by atoms with Gasteiger partial charge in [0.15, 0.2) is 0 Å². The Labute approximate surface area is 181 Å². The Balaban J connectivity index is 1.64. The molecule has 0 unspecified atom stereocenters. The molecule has 1 atom stereocenters. The number of rotatable bonds is 5. The molecule has 0 bridgehead atoms. The van der Waals surface area contributed by atoms with Crippen molar-refractivity contribution in [2.75, 3.05) is 26.3 Å². The third-order valence-electron chi connectivity index (χ3n) is 5.37. The zero-order valence-electron chi connectivity index (χ0n) is 17.7. The van der Waals surface area contributed by atoms with E-state index in [0.717, 1.165) is 5.69 Å². The van der Waals surface area contributed by atoms with Gasteiger partial charge < -0.3 is 14.4 Å². The van der Waals surface area contributed by atoms with Gasteiger partial charge in [0.25, 0.3) is 5.91 Å². The molecule has 160 valence electrons. The number of ether oxygens (including phenoxy) is 2. The first kappa shape index (κ1) is 20.8. The second-order valence-electron chi connectivity index (χ2n) is 7.43. The lowest BCUT2D eigenvalue weighted by molar-refractivity contribution is -0.145. The van der Waals surface area contributed by atoms with Crippen molar-refractivity contribution in [1.29, 1.82) is 0 Å². The minimum atomic E-state index is -1.02. The van der Waals surface area contributed by atoms with E-state index >= 15 is 0 Å². The zero-order chi connectivity index (χ0) is 21.8. The number of carbonyl (C=O) groups is 2. The fraction of sp³-hybridized carbons (Fsp3) is 0.292. The average Bonchev–Trinajstić information content (AvgIpc) is 3.12. The van der Waals surface area contributed by atoms with Crippen molar-refractivity contribution in [2.45, 2.75) is 20.0 Å². The highest BCUT2D eigenvalue weighted by Gasteiger charge is 2.32. The molecule has 31 heavy (non-hydrogen) atoms. The number of esters is 1. The molecule has 1 saturated heterocycles. The number of morpholine rings is 1. The molecule has 4 rings (SSSR count). The monoisotopic (exact) mass is 419 g/mol. The van der Waals surface area contributed by atoms with Crippen molar-refractivity contribution in [2.24, 2.45) is 0 Å². The molecule has 0 radical (unpaired) electrons. The normalized spacial score (nSPS) is 14.8. The van der Waals surface area contributed by atoms with E-state index in [1.165, 1.54) is 0 Å². The number of amides is 1. The number of aryl methyl sites for hydroxylation is 1. The summed E-state index contributed by atoms with van der Waals surface area (Å²) in [4.78, 5) is 28.1. The van der Waals surface area contributed by atoms with E-state index in [1.54, 1.807) is 28.6 Å². The van der Waals surface area contributed by atoms with Crippen molar-refractivity contribution in [1.82, 2.24) is 14.7 Å². The zero-order valence-corrected chi connectivity index (χ0v) is 17.7. The quantitative estimate of drug-likeness (QED) is 0.594. The van der Waals surface area contributed by atoms with Crippen LogP contribution in [0.15, 0.2) is 60.7 Å². The summed E-state index contributed by atoms with van der Waals surface area (Å²) in [5.74, 6) is -0.804. The Morgan fingerprint density at radius 2 is 1.58 bits per heavy atom. The molecule has 0 spiro atoms. The highest BCUT2D eigenvalue weighted by molar-refractivity contribution is 5.94. The summed E-state index contributed by atoms with van der Waals surface area (Å²) in [5.41, 5.74) is 3.08. The second-order valence-corrected chi connectivity index (χ2v) is 7.43. The van der Waals surface area contributed by atoms with Gasteiger partial charge in [0.2, 0.25) is 6.10 Å². The number of nitrogens with zero attached hydrogens (tertiary/aromatic N) is 3. The Morgan fingerprint density at radius 3 is 2.23 bits per heavy atom. The van der Waals surface area contributed by atoms with Crippen LogP contribution in [0.25, 0.3) is 5.69 Å². The Hall–Kier alpha value is -3.45. The van der Waals surface area contributed by atoms with E-state index in [1.807, 2.05) is 55.5 Å². The van der Waals surface area contributed by atoms with Gasteiger partial charge in [0.05, 0.1) is 30.3 Å². The summed E-state index contributed by atoms with van der Waals surface area (Å²) in [6.07, 6.45) is -1.02. The van der Waals surface area contributed by atoms with Gasteiger partial charge in [-0.15, -0.1) is 0 Å². The van der Waals surface area contributed by atoms with E-state index in [-0.39, 0.29) is 5.91 Å². The van der Waals surface area contributed by atoms with Crippen molar-refractivity contribution >= 4 is 11.9 Å². The van der Waals surface area contributed by atoms with Crippen LogP contribution in [-0.2, 0) is 14.3 Å². The van der Waals surface area contributed by atoms with Crippen LogP contribution in [0.2, 0.25) is 0 Å². The molecule has 7 heteroatoms. The molecule has 0 saturated carbocycles. The maximum Gasteiger partial charge on any atom is 0.343 e. The van der Waals surface area contributed by atoms with Crippen molar-refractivity contribution in [3.05, 3.63) is 83.2 Å². The standard InChI is InChI=1S/C24H25N3O4/c1-17-21(18(2)27(25-17)20-11-7-4-8-12-20)24(29)31-22(19-9-5-3-6-10-19)23(28)26-13-15-30-16-14-26/h3-12,22H,13-16H2,1-2H3/t22-/m1/s1. The minimum absolute atomic E-state index is 0.242. The Bertz CT molecular complexity index is 1060. The summed E-state index contributed by atoms with van der Waals surface area (Å²) in [7, 11) is 0. The molecule has 1 aliphatic rings. The molecule has 1 aromatic heterocycles. The summed E-state index contributed by atoms with van der Waals surface area (Å²) in [5, 5.41) is 4.52. The van der Waals surface area contributed by atoms with Crippen LogP contribution in [0.3, 0.4) is 0 Å². The second kappa shape index (κ2) is 9.14. The number of para-hydroxylation sites is 1. The number of benzene rings is 2. The number of hydrogen-bond acceptors (Lipinski definition) is 5. The topological polar surface area (TPSA) is 73.7 Å². The lowest BCUT2D eigenvalue weighted by atomic mass is 10.1. The summed E-state index contributed by atoms with van der Waals surface area (Å²) >= 11 is 0. The van der Waals surface area contributed by atoms with Crippen LogP contribution in [0.1, 0.15) is 33.4 Å². The van der Waals surface area contributed by atoms with E-state index in [0.29, 0.717) is 48.8 Å². The van der Waals surface area contributed by atoms with Gasteiger partial charge in [-0.05, 0) is 26.0 Å². The van der Waals surface area contributed by atoms with E-state index in [2.05, 4.69) is 5.10 Å². The third-order valence-corrected chi connectivity index (χ3v) is 5.37. The SMILES string of the molecule is Cc1nn(-c2ccccc2)c(C)c1C(=O)O[C@@H](C(=O)N1CCOCC1)c1ccccc1. The number of aromatic nitrogens is 2. The van der Waals surface area contributed by atoms with E-state index in [9.17, 15) is 9.59 Å². The molecule has 1 amide bonds. The van der Waals surface area contributed by atoms with E-state index in [4.69, 9.17) is 9.47 Å². The highest BCUT2D eigenvalue weighted by atomic mass is 16.5. The van der Waals surface area contributed by atoms with Gasteiger partial charge in [-0.3, -0.25) is 4.79 Å². The first-order valence-corrected chi connectivity index (χ1v) is 10.3. The Morgan fingerprint density at radius 1 is 0.968 bits per heavy atom. The van der Waals surface area contributed by atoms with Crippen LogP contribution in [0.5, 0.6) is 0 Å². The van der Waals surface area contributed by atoms with Gasteiger partial charge in [-0.25, -0.2) is 9.48 Å². The molecule has 0 N–H and O–H groups in total. The van der Waals surface area contributed by atoms with Crippen molar-refractivity contribution in [3.8, 4) is 5.69 Å². The molecule has 3 aromatic rings. The predicted molar refractivity (Wildman–Crippen MR) is 115 cm³/mol. The molecule has 1 fully saturated rings. The molecule has 7 nitrogen and oxygen atoms in total. The van der Waals surface area contributed by atoms with Crippen LogP contribution < -0.4 is 0 Å². The van der Waals surface area contributed by atoms with Crippen LogP contribution in [0.4, 0.5) is 0 Å². The lowest BCUT2D eigenvalue weighted by Gasteiger charge is -2.30. The van der Waals surface area contributed by atoms with Gasteiger partial charge in [0, 0.05) is 18.7 Å². The number of carbonyl (C=O) groups excluding carboxylic acids is 2. The van der Waals surface area contributed by atoms with Crippen molar-refractivity contribution < 1.29 is 19.1 Å². The Kier molecular flexibility index (Phi) is 6.13. The lowest BCUT2D eigenvalue weighted by Crippen LogP contribution is -2.44. The smallest absolute Gasteiger partial charge is 0.343 e. The number of hydrogen-bond donors (Lipinski definition) is 0. The fourth-order valence-electron chi connectivity index (χ4n) is 3.76. The van der Waals surface area contributed by atoms with Crippen LogP contribution >= 0.6 is 0 Å². The van der Waals surface area contributed by atoms with Crippen molar-refractivity contribution in [3.63, 3.8) is 0 Å². The molecule has 2 heterocycles. The molecule has 2 aromatic carbocycles. The van der Waals surface area contributed by atoms with Gasteiger partial charge >= 0.3 is 5.97 Å². The van der Waals surface area contributed by atoms with E-state index < -0.39 is 12.1 Å². The highest BCUT2D eigenvalue weighted by Crippen LogP contribution is 2.25. The van der Waals surface area contributed by atoms with Crippen LogP contribution in [-0.4, -0.2) is 52.9 Å². The summed E-state index contributed by atoms with van der Waals surface area (Å²) < 4.78 is 12.9. The summed E-state index contributed by atoms with van der Waals surface area (Å²) in [6, 6.07) is 18.7. The predicted octanol–water partition coefficient (Wildman–Crippen LogP) is 3.25. The third kappa shape index (κ3) is 4.36. The van der Waals surface area contributed by atoms with Gasteiger partial charge in [-0.2, -0.15) is 5.10 Å². The average molecular weight is 419 g/mol. The molecular formula is C24H25N3O4. The van der Waals surface area contributed by atoms with Gasteiger partial charge in [-0.1, -0.05) is 48.5 Å². The fourth-order valence-corrected chi connectivity index (χ4v) is 3.76. The van der Waals surface area contributed by atoms with Gasteiger partial charge in [0.1, 0.15) is 5.56 Å². The first-order chi connectivity index (χ1) is 15.1. The minimum Gasteiger partial charge on any atom is -0.444 e. The first-order valence-electron chi connectivity index (χ1n) is 10.3. The maximum atomic E-state index is 13.2. The van der Waals surface area contributed by atoms with Crippen LogP contribution in [0, 0.1) is 13.8 Å². The molecular weight excluding hydrogens is 394 g/mol. The molecule has 0 aliphatic carbocycles. The largest absolute Gasteiger partial charge is 0.444 e. The maximum absolute atomic E-state index is 13.2. The molecule has 1 aliphatic heterocycles.